The number of hydrogen-bond donors (Lipinski definition) is 0. The third-order valence-electron chi connectivity index (χ3n) is 8.18. The van der Waals surface area contributed by atoms with Crippen molar-refractivity contribution >= 4 is 0 Å². The van der Waals surface area contributed by atoms with Gasteiger partial charge in [-0.25, -0.2) is 0 Å². The zero-order valence-corrected chi connectivity index (χ0v) is 20.5. The van der Waals surface area contributed by atoms with E-state index >= 15 is 0 Å². The van der Waals surface area contributed by atoms with Crippen LogP contribution >= 0.6 is 0 Å². The maximum atomic E-state index is 5.80. The van der Waals surface area contributed by atoms with E-state index in [1.54, 1.807) is 0 Å². The molecule has 0 N–H and O–H groups in total. The lowest BCUT2D eigenvalue weighted by Gasteiger charge is -2.37. The molecule has 0 unspecified atom stereocenters. The Hall–Kier alpha value is -1.08. The first kappa shape index (κ1) is 24.6. The van der Waals surface area contributed by atoms with Gasteiger partial charge in [-0.05, 0) is 106 Å². The van der Waals surface area contributed by atoms with E-state index in [-0.39, 0.29) is 0 Å². The molecule has 0 aromatic heterocycles. The highest BCUT2D eigenvalue weighted by molar-refractivity contribution is 5.22. The summed E-state index contributed by atoms with van der Waals surface area (Å²) in [4.78, 5) is 0. The highest BCUT2D eigenvalue weighted by atomic mass is 16.5. The fourth-order valence-electron chi connectivity index (χ4n) is 5.99. The molecule has 1 nitrogen and oxygen atoms in total. The van der Waals surface area contributed by atoms with Crippen LogP contribution in [-0.2, 0) is 17.8 Å². The summed E-state index contributed by atoms with van der Waals surface area (Å²) in [6.07, 6.45) is 24.2. The predicted molar refractivity (Wildman–Crippen MR) is 134 cm³/mol. The van der Waals surface area contributed by atoms with E-state index in [0.717, 1.165) is 36.9 Å². The molecule has 2 fully saturated rings. The normalized spacial score (nSPS) is 27.0. The number of aryl methyl sites for hydroxylation is 1. The van der Waals surface area contributed by atoms with E-state index in [4.69, 9.17) is 4.74 Å². The van der Waals surface area contributed by atoms with Crippen LogP contribution in [-0.4, -0.2) is 6.61 Å². The number of rotatable bonds is 12. The molecular formula is C30H48O. The lowest BCUT2D eigenvalue weighted by atomic mass is 9.68. The van der Waals surface area contributed by atoms with Gasteiger partial charge < -0.3 is 4.74 Å². The van der Waals surface area contributed by atoms with Crippen molar-refractivity contribution in [3.05, 3.63) is 47.5 Å². The Morgan fingerprint density at radius 1 is 0.806 bits per heavy atom. The monoisotopic (exact) mass is 424 g/mol. The van der Waals surface area contributed by atoms with Crippen LogP contribution in [0, 0.1) is 23.7 Å². The van der Waals surface area contributed by atoms with Crippen LogP contribution < -0.4 is 0 Å². The van der Waals surface area contributed by atoms with Crippen molar-refractivity contribution in [3.63, 3.8) is 0 Å². The maximum Gasteiger partial charge on any atom is 0.0716 e. The fourth-order valence-corrected chi connectivity index (χ4v) is 5.99. The zero-order chi connectivity index (χ0) is 21.7. The summed E-state index contributed by atoms with van der Waals surface area (Å²) in [6.45, 7) is 6.06. The first-order chi connectivity index (χ1) is 15.3. The van der Waals surface area contributed by atoms with Gasteiger partial charge in [0, 0.05) is 6.61 Å². The highest BCUT2D eigenvalue weighted by Gasteiger charge is 2.30. The summed E-state index contributed by atoms with van der Waals surface area (Å²) in [7, 11) is 0. The Balaban J connectivity index is 1.29. The molecule has 0 atom stereocenters. The van der Waals surface area contributed by atoms with E-state index in [2.05, 4.69) is 50.3 Å². The van der Waals surface area contributed by atoms with Crippen molar-refractivity contribution < 1.29 is 4.74 Å². The number of hydrogen-bond acceptors (Lipinski definition) is 1. The van der Waals surface area contributed by atoms with Crippen LogP contribution in [0.25, 0.3) is 0 Å². The van der Waals surface area contributed by atoms with E-state index in [0.29, 0.717) is 0 Å². The Morgan fingerprint density at radius 2 is 1.42 bits per heavy atom. The minimum Gasteiger partial charge on any atom is -0.377 e. The van der Waals surface area contributed by atoms with Crippen LogP contribution in [0.3, 0.4) is 0 Å². The molecule has 1 heteroatoms. The largest absolute Gasteiger partial charge is 0.377 e. The van der Waals surface area contributed by atoms with Crippen molar-refractivity contribution in [3.8, 4) is 0 Å². The molecule has 1 aromatic carbocycles. The number of unbranched alkanes of at least 4 members (excludes halogenated alkanes) is 2. The molecule has 3 rings (SSSR count). The maximum absolute atomic E-state index is 5.80. The molecule has 0 amide bonds. The topological polar surface area (TPSA) is 9.23 Å². The van der Waals surface area contributed by atoms with Gasteiger partial charge in [0.1, 0.15) is 0 Å². The second kappa shape index (κ2) is 14.1. The molecule has 31 heavy (non-hydrogen) atoms. The minimum absolute atomic E-state index is 0.769. The van der Waals surface area contributed by atoms with Crippen molar-refractivity contribution in [2.75, 3.05) is 6.61 Å². The molecular weight excluding hydrogens is 376 g/mol. The molecule has 0 heterocycles. The summed E-state index contributed by atoms with van der Waals surface area (Å²) in [5.74, 6) is 4.02. The molecule has 2 aliphatic carbocycles. The second-order valence-electron chi connectivity index (χ2n) is 10.5. The van der Waals surface area contributed by atoms with Gasteiger partial charge in [0.15, 0.2) is 0 Å². The third kappa shape index (κ3) is 8.76. The predicted octanol–water partition coefficient (Wildman–Crippen LogP) is 8.91. The second-order valence-corrected chi connectivity index (χ2v) is 10.5. The summed E-state index contributed by atoms with van der Waals surface area (Å²) in [5.41, 5.74) is 2.83. The molecule has 0 saturated heterocycles. The van der Waals surface area contributed by atoms with Crippen LogP contribution in [0.5, 0.6) is 0 Å². The van der Waals surface area contributed by atoms with Crippen LogP contribution in [0.2, 0.25) is 0 Å². The summed E-state index contributed by atoms with van der Waals surface area (Å²) in [6, 6.07) is 9.22. The smallest absolute Gasteiger partial charge is 0.0716 e. The van der Waals surface area contributed by atoms with Gasteiger partial charge in [-0.2, -0.15) is 0 Å². The molecule has 0 aliphatic heterocycles. The van der Waals surface area contributed by atoms with Crippen LogP contribution in [0.15, 0.2) is 36.4 Å². The fraction of sp³-hybridized carbons (Fsp3) is 0.733. The molecule has 0 bridgehead atoms. The molecule has 1 aromatic rings. The van der Waals surface area contributed by atoms with Gasteiger partial charge in [0.2, 0.25) is 0 Å². The van der Waals surface area contributed by atoms with Crippen LogP contribution in [0.1, 0.15) is 108 Å². The van der Waals surface area contributed by atoms with Gasteiger partial charge >= 0.3 is 0 Å². The molecule has 0 spiro atoms. The van der Waals surface area contributed by atoms with E-state index in [1.165, 1.54) is 101 Å². The van der Waals surface area contributed by atoms with E-state index < -0.39 is 0 Å². The quantitative estimate of drug-likeness (QED) is 0.240. The highest BCUT2D eigenvalue weighted by Crippen LogP contribution is 2.42. The van der Waals surface area contributed by atoms with Gasteiger partial charge in [0.05, 0.1) is 6.61 Å². The van der Waals surface area contributed by atoms with Crippen LogP contribution in [0.4, 0.5) is 0 Å². The van der Waals surface area contributed by atoms with Crippen molar-refractivity contribution in [2.24, 2.45) is 23.7 Å². The minimum atomic E-state index is 0.769. The first-order valence-electron chi connectivity index (χ1n) is 13.5. The Kier molecular flexibility index (Phi) is 11.2. The number of benzene rings is 1. The molecule has 0 radical (unpaired) electrons. The summed E-state index contributed by atoms with van der Waals surface area (Å²) < 4.78 is 5.80. The Morgan fingerprint density at radius 3 is 2.03 bits per heavy atom. The molecule has 174 valence electrons. The lowest BCUT2D eigenvalue weighted by Crippen LogP contribution is -2.26. The van der Waals surface area contributed by atoms with Crippen molar-refractivity contribution in [1.29, 1.82) is 0 Å². The molecule has 2 saturated carbocycles. The lowest BCUT2D eigenvalue weighted by molar-refractivity contribution is 0.117. The molecule has 2 aliphatic rings. The van der Waals surface area contributed by atoms with Crippen molar-refractivity contribution in [1.82, 2.24) is 0 Å². The Bertz CT molecular complexity index is 600. The SMILES string of the molecule is CC=CCC1CCC(C2CCC(CCc3ccc(COCCCCC)cc3)CC2)CC1. The average molecular weight is 425 g/mol. The standard InChI is InChI=1S/C30H48O/c1-3-5-7-23-31-24-28-13-11-26(12-14-28)9-10-27-17-21-30(22-18-27)29-19-15-25(16-20-29)8-6-4-2/h4,6,11-14,25,27,29-30H,3,5,7-10,15-24H2,1-2H3. The first-order valence-corrected chi connectivity index (χ1v) is 13.5. The average Bonchev–Trinajstić information content (AvgIpc) is 2.83. The Labute approximate surface area is 193 Å². The number of ether oxygens (including phenoxy) is 1. The summed E-state index contributed by atoms with van der Waals surface area (Å²) in [5, 5.41) is 0. The zero-order valence-electron chi connectivity index (χ0n) is 20.5. The van der Waals surface area contributed by atoms with Gasteiger partial charge in [0.25, 0.3) is 0 Å². The third-order valence-corrected chi connectivity index (χ3v) is 8.18. The van der Waals surface area contributed by atoms with E-state index in [9.17, 15) is 0 Å². The number of allylic oxidation sites excluding steroid dienone is 2. The van der Waals surface area contributed by atoms with Gasteiger partial charge in [-0.15, -0.1) is 0 Å². The van der Waals surface area contributed by atoms with Gasteiger partial charge in [-0.3, -0.25) is 0 Å². The van der Waals surface area contributed by atoms with Gasteiger partial charge in [-0.1, -0.05) is 69.0 Å². The van der Waals surface area contributed by atoms with Crippen molar-refractivity contribution in [2.45, 2.75) is 110 Å². The summed E-state index contributed by atoms with van der Waals surface area (Å²) >= 11 is 0. The van der Waals surface area contributed by atoms with E-state index in [1.807, 2.05) is 0 Å².